The minimum absolute atomic E-state index is 0. The van der Waals surface area contributed by atoms with Crippen LogP contribution in [0.1, 0.15) is 0 Å². The van der Waals surface area contributed by atoms with Crippen molar-refractivity contribution >= 4 is 17.4 Å². The summed E-state index contributed by atoms with van der Waals surface area (Å²) in [6.45, 7) is 0. The standard InChI is InChI=1S/Al.F2O.W.3H/c;1-3-2;;;;. The molecule has 0 saturated heterocycles. The van der Waals surface area contributed by atoms with Crippen LogP contribution >= 0.6 is 0 Å². The molecule has 0 unspecified atom stereocenters. The fraction of sp³-hybridized carbons (Fsp3) is 0. The number of halogens is 2. The molecule has 0 spiro atoms. The first kappa shape index (κ1) is 16.6. The summed E-state index contributed by atoms with van der Waals surface area (Å²) in [7, 11) is 0. The predicted octanol–water partition coefficient (Wildman–Crippen LogP) is -0.414. The Morgan fingerprint density at radius 1 is 1.20 bits per heavy atom. The predicted molar refractivity (Wildman–Crippen MR) is 13.2 cm³/mol. The summed E-state index contributed by atoms with van der Waals surface area (Å²) in [4.78, 5) is 0. The smallest absolute Gasteiger partial charge is 0.0104 e. The van der Waals surface area contributed by atoms with Gasteiger partial charge in [0.15, 0.2) is 17.4 Å². The van der Waals surface area contributed by atoms with Gasteiger partial charge in [-0.25, -0.2) is 0 Å². The SMILES string of the molecule is FOF.[AlH3].[W]. The molecule has 0 aliphatic carbocycles. The summed E-state index contributed by atoms with van der Waals surface area (Å²) < 4.78 is 18.2. The second-order valence-electron chi connectivity index (χ2n) is 0.0583. The molecule has 0 aromatic carbocycles. The van der Waals surface area contributed by atoms with Gasteiger partial charge >= 0.3 is 0 Å². The maximum Gasteiger partial charge on any atom is 0.187 e. The van der Waals surface area contributed by atoms with Crippen molar-refractivity contribution in [2.75, 3.05) is 0 Å². The molecule has 5 heavy (non-hydrogen) atoms. The average molecular weight is 268 g/mol. The molecule has 0 atom stereocenters. The van der Waals surface area contributed by atoms with Gasteiger partial charge in [0.2, 0.25) is 0 Å². The van der Waals surface area contributed by atoms with Crippen molar-refractivity contribution in [2.45, 2.75) is 0 Å². The number of hydrogen-bond donors (Lipinski definition) is 0. The molecule has 0 aliphatic rings. The third-order valence-corrected chi connectivity index (χ3v) is 0. The fourth-order valence-corrected chi connectivity index (χ4v) is 0. The maximum atomic E-state index is 9.12. The topological polar surface area (TPSA) is 9.23 Å². The molecule has 0 saturated carbocycles. The third kappa shape index (κ3) is 43.0. The van der Waals surface area contributed by atoms with E-state index in [2.05, 4.69) is 0 Å². The van der Waals surface area contributed by atoms with E-state index in [0.29, 0.717) is 0 Å². The van der Waals surface area contributed by atoms with Crippen molar-refractivity contribution in [3.63, 3.8) is 0 Å². The largest absolute Gasteiger partial charge is 0.187 e. The van der Waals surface area contributed by atoms with Crippen molar-refractivity contribution in [1.82, 2.24) is 0 Å². The zero-order valence-corrected chi connectivity index (χ0v) is 4.51. The molecule has 32 valence electrons. The van der Waals surface area contributed by atoms with Gasteiger partial charge in [-0.15, -0.1) is 0 Å². The summed E-state index contributed by atoms with van der Waals surface area (Å²) >= 11 is 0. The van der Waals surface area contributed by atoms with Crippen LogP contribution in [0.3, 0.4) is 0 Å². The first-order chi connectivity index (χ1) is 1.41. The van der Waals surface area contributed by atoms with Crippen LogP contribution in [-0.2, 0) is 26.2 Å². The second-order valence-corrected chi connectivity index (χ2v) is 0.0583. The zero-order valence-electron chi connectivity index (χ0n) is 1.57. The molecule has 0 rings (SSSR count). The van der Waals surface area contributed by atoms with E-state index in [-0.39, 0.29) is 38.4 Å². The molecule has 0 aromatic heterocycles. The number of hydrogen-bond acceptors (Lipinski definition) is 1. The van der Waals surface area contributed by atoms with Gasteiger partial charge in [-0.05, 0) is 9.05 Å². The van der Waals surface area contributed by atoms with Gasteiger partial charge in [0.05, 0.1) is 0 Å². The van der Waals surface area contributed by atoms with Crippen molar-refractivity contribution in [3.05, 3.63) is 0 Å². The Labute approximate surface area is 52.9 Å². The van der Waals surface area contributed by atoms with E-state index < -0.39 is 0 Å². The van der Waals surface area contributed by atoms with Gasteiger partial charge in [-0.3, -0.25) is 0 Å². The van der Waals surface area contributed by atoms with Gasteiger partial charge in [0.1, 0.15) is 0 Å². The van der Waals surface area contributed by atoms with Gasteiger partial charge in [0.25, 0.3) is 0 Å². The average Bonchev–Trinajstić information content (AvgIpc) is 0.918. The van der Waals surface area contributed by atoms with Crippen LogP contribution in [0.2, 0.25) is 0 Å². The van der Waals surface area contributed by atoms with E-state index >= 15 is 0 Å². The third-order valence-electron chi connectivity index (χ3n) is 0. The Hall–Kier alpha value is 1.04. The van der Waals surface area contributed by atoms with Gasteiger partial charge in [0, 0.05) is 26.2 Å². The van der Waals surface area contributed by atoms with E-state index in [4.69, 9.17) is 9.05 Å². The Bertz CT molecular complexity index is 9.61. The van der Waals surface area contributed by atoms with Crippen LogP contribution in [0.5, 0.6) is 0 Å². The van der Waals surface area contributed by atoms with Gasteiger partial charge < -0.3 is 0 Å². The molecule has 0 aromatic rings. The van der Waals surface area contributed by atoms with Gasteiger partial charge in [-0.2, -0.15) is 0 Å². The maximum absolute atomic E-state index is 9.12. The quantitative estimate of drug-likeness (QED) is 0.542. The molecule has 1 nitrogen and oxygen atoms in total. The molecular weight excluding hydrogens is 265 g/mol. The second kappa shape index (κ2) is 19.8. The minimum atomic E-state index is 0. The normalized spacial score (nSPS) is 3.60. The van der Waals surface area contributed by atoms with Crippen molar-refractivity contribution in [3.8, 4) is 0 Å². The molecule has 5 heteroatoms. The first-order valence-electron chi connectivity index (χ1n) is 0.309. The van der Waals surface area contributed by atoms with Crippen LogP contribution in [-0.4, -0.2) is 17.4 Å². The minimum Gasteiger partial charge on any atom is -0.0104 e. The molecular formula is H3AlF2OW. The molecule has 0 aliphatic heterocycles. The molecule has 0 fully saturated rings. The van der Waals surface area contributed by atoms with Crippen LogP contribution in [0.15, 0.2) is 0 Å². The summed E-state index contributed by atoms with van der Waals surface area (Å²) in [5.41, 5.74) is 0. The van der Waals surface area contributed by atoms with Crippen LogP contribution in [0.4, 0.5) is 9.05 Å². The van der Waals surface area contributed by atoms with E-state index in [1.807, 2.05) is 0 Å². The van der Waals surface area contributed by atoms with Crippen LogP contribution in [0.25, 0.3) is 0 Å². The van der Waals surface area contributed by atoms with E-state index in [1.165, 1.54) is 5.15 Å². The summed E-state index contributed by atoms with van der Waals surface area (Å²) in [5.74, 6) is 0. The molecule has 0 amide bonds. The first-order valence-corrected chi connectivity index (χ1v) is 0.309. The fourth-order valence-electron chi connectivity index (χ4n) is 0. The monoisotopic (exact) mass is 268 g/mol. The zero-order chi connectivity index (χ0) is 2.71. The van der Waals surface area contributed by atoms with Gasteiger partial charge in [-0.1, -0.05) is 0 Å². The Morgan fingerprint density at radius 3 is 1.20 bits per heavy atom. The Morgan fingerprint density at radius 2 is 1.20 bits per heavy atom. The molecule has 0 heterocycles. The van der Waals surface area contributed by atoms with Crippen LogP contribution in [0, 0.1) is 0 Å². The van der Waals surface area contributed by atoms with Crippen molar-refractivity contribution in [1.29, 1.82) is 0 Å². The van der Waals surface area contributed by atoms with E-state index in [0.717, 1.165) is 0 Å². The number of rotatable bonds is 0. The van der Waals surface area contributed by atoms with Crippen molar-refractivity contribution in [2.24, 2.45) is 0 Å². The summed E-state index contributed by atoms with van der Waals surface area (Å²) in [6.07, 6.45) is 0. The van der Waals surface area contributed by atoms with E-state index in [9.17, 15) is 0 Å². The Kier molecular flexibility index (Phi) is 65.6. The summed E-state index contributed by atoms with van der Waals surface area (Å²) in [6, 6.07) is 0. The summed E-state index contributed by atoms with van der Waals surface area (Å²) in [5, 5.41) is 1.25. The molecule has 0 radical (unpaired) electrons. The Balaban J connectivity index is -0.0000000200. The van der Waals surface area contributed by atoms with Crippen molar-refractivity contribution < 1.29 is 35.3 Å². The molecule has 0 bridgehead atoms. The van der Waals surface area contributed by atoms with Crippen LogP contribution < -0.4 is 0 Å². The molecule has 0 N–H and O–H groups in total. The van der Waals surface area contributed by atoms with E-state index in [1.54, 1.807) is 0 Å².